The number of likely N-dealkylation sites (tertiary alicyclic amines) is 1. The molecular weight excluding hydrogens is 318 g/mol. The predicted octanol–water partition coefficient (Wildman–Crippen LogP) is 2.22. The molecule has 0 aliphatic carbocycles. The van der Waals surface area contributed by atoms with Crippen molar-refractivity contribution in [1.82, 2.24) is 14.7 Å². The molecule has 6 nitrogen and oxygen atoms in total. The van der Waals surface area contributed by atoms with Crippen LogP contribution in [0.15, 0.2) is 42.7 Å². The Morgan fingerprint density at radius 2 is 2.08 bits per heavy atom. The van der Waals surface area contributed by atoms with E-state index in [0.717, 1.165) is 24.1 Å². The number of nitrogens with zero attached hydrogens (tertiary/aromatic N) is 3. The van der Waals surface area contributed by atoms with Gasteiger partial charge in [-0.1, -0.05) is 12.1 Å². The van der Waals surface area contributed by atoms with E-state index in [1.165, 1.54) is 0 Å². The second kappa shape index (κ2) is 7.96. The van der Waals surface area contributed by atoms with Crippen LogP contribution in [0.2, 0.25) is 0 Å². The first kappa shape index (κ1) is 17.2. The zero-order chi connectivity index (χ0) is 17.6. The summed E-state index contributed by atoms with van der Waals surface area (Å²) in [5.41, 5.74) is 1.92. The van der Waals surface area contributed by atoms with Gasteiger partial charge in [0.1, 0.15) is 0 Å². The first-order valence-corrected chi connectivity index (χ1v) is 8.70. The number of carbonyl (C=O) groups excluding carboxylic acids is 2. The van der Waals surface area contributed by atoms with Gasteiger partial charge < -0.3 is 9.64 Å². The highest BCUT2D eigenvalue weighted by atomic mass is 16.5. The van der Waals surface area contributed by atoms with Gasteiger partial charge >= 0.3 is 5.97 Å². The molecule has 1 aromatic carbocycles. The van der Waals surface area contributed by atoms with Crippen molar-refractivity contribution in [2.45, 2.75) is 26.2 Å². The quantitative estimate of drug-likeness (QED) is 0.782. The molecule has 1 unspecified atom stereocenters. The molecule has 1 aromatic heterocycles. The van der Waals surface area contributed by atoms with Crippen molar-refractivity contribution < 1.29 is 14.3 Å². The van der Waals surface area contributed by atoms with E-state index in [0.29, 0.717) is 26.1 Å². The molecule has 0 radical (unpaired) electrons. The Bertz CT molecular complexity index is 710. The highest BCUT2D eigenvalue weighted by Crippen LogP contribution is 2.19. The van der Waals surface area contributed by atoms with E-state index >= 15 is 0 Å². The van der Waals surface area contributed by atoms with Crippen LogP contribution in [0.1, 0.15) is 25.3 Å². The number of aromatic nitrogens is 2. The second-order valence-corrected chi connectivity index (χ2v) is 6.22. The normalized spacial score (nSPS) is 17.3. The molecule has 0 saturated carbocycles. The Kier molecular flexibility index (Phi) is 5.48. The number of amides is 1. The maximum absolute atomic E-state index is 12.6. The number of esters is 1. The SMILES string of the molecule is CCOC(=O)C1CCCN(C(=O)Cc2ccc(-n3cccn3)cc2)C1. The molecule has 6 heteroatoms. The Morgan fingerprint density at radius 1 is 1.28 bits per heavy atom. The molecule has 1 fully saturated rings. The number of benzene rings is 1. The van der Waals surface area contributed by atoms with Crippen molar-refractivity contribution in [2.75, 3.05) is 19.7 Å². The summed E-state index contributed by atoms with van der Waals surface area (Å²) in [6, 6.07) is 9.66. The van der Waals surface area contributed by atoms with Crippen LogP contribution in [0, 0.1) is 5.92 Å². The smallest absolute Gasteiger partial charge is 0.310 e. The predicted molar refractivity (Wildman–Crippen MR) is 93.2 cm³/mol. The van der Waals surface area contributed by atoms with Crippen LogP contribution >= 0.6 is 0 Å². The number of rotatable bonds is 5. The first-order valence-electron chi connectivity index (χ1n) is 8.70. The number of hydrogen-bond donors (Lipinski definition) is 0. The molecule has 1 aliphatic heterocycles. The van der Waals surface area contributed by atoms with Crippen LogP contribution in [0.3, 0.4) is 0 Å². The van der Waals surface area contributed by atoms with E-state index in [4.69, 9.17) is 4.74 Å². The lowest BCUT2D eigenvalue weighted by atomic mass is 9.97. The lowest BCUT2D eigenvalue weighted by Crippen LogP contribution is -2.43. The topological polar surface area (TPSA) is 64.4 Å². The zero-order valence-corrected chi connectivity index (χ0v) is 14.4. The average Bonchev–Trinajstić information content (AvgIpc) is 3.17. The summed E-state index contributed by atoms with van der Waals surface area (Å²) in [6.45, 7) is 3.35. The number of ether oxygens (including phenoxy) is 1. The highest BCUT2D eigenvalue weighted by molar-refractivity contribution is 5.80. The fourth-order valence-corrected chi connectivity index (χ4v) is 3.13. The monoisotopic (exact) mass is 341 g/mol. The molecule has 2 heterocycles. The Hall–Kier alpha value is -2.63. The molecule has 0 bridgehead atoms. The maximum Gasteiger partial charge on any atom is 0.310 e. The van der Waals surface area contributed by atoms with Gasteiger partial charge in [0.2, 0.25) is 5.91 Å². The zero-order valence-electron chi connectivity index (χ0n) is 14.4. The van der Waals surface area contributed by atoms with Gasteiger partial charge in [-0.15, -0.1) is 0 Å². The number of piperidine rings is 1. The summed E-state index contributed by atoms with van der Waals surface area (Å²) in [6.07, 6.45) is 5.58. The third-order valence-corrected chi connectivity index (χ3v) is 4.45. The van der Waals surface area contributed by atoms with Gasteiger partial charge in [0, 0.05) is 25.5 Å². The largest absolute Gasteiger partial charge is 0.466 e. The van der Waals surface area contributed by atoms with Crippen LogP contribution < -0.4 is 0 Å². The minimum Gasteiger partial charge on any atom is -0.466 e. The van der Waals surface area contributed by atoms with Gasteiger partial charge in [-0.25, -0.2) is 4.68 Å². The van der Waals surface area contributed by atoms with Crippen molar-refractivity contribution in [3.05, 3.63) is 48.3 Å². The molecule has 1 saturated heterocycles. The fraction of sp³-hybridized carbons (Fsp3) is 0.421. The lowest BCUT2D eigenvalue weighted by Gasteiger charge is -2.31. The molecule has 1 amide bonds. The fourth-order valence-electron chi connectivity index (χ4n) is 3.13. The van der Waals surface area contributed by atoms with Crippen LogP contribution in [-0.2, 0) is 20.7 Å². The summed E-state index contributed by atoms with van der Waals surface area (Å²) in [5.74, 6) is -0.329. The molecule has 2 aromatic rings. The van der Waals surface area contributed by atoms with Gasteiger partial charge in [-0.05, 0) is 43.5 Å². The summed E-state index contributed by atoms with van der Waals surface area (Å²) in [5, 5.41) is 4.19. The molecule has 0 spiro atoms. The molecule has 1 atom stereocenters. The van der Waals surface area contributed by atoms with Crippen LogP contribution in [-0.4, -0.2) is 46.3 Å². The molecular formula is C19H23N3O3. The van der Waals surface area contributed by atoms with Gasteiger partial charge in [-0.3, -0.25) is 9.59 Å². The average molecular weight is 341 g/mol. The highest BCUT2D eigenvalue weighted by Gasteiger charge is 2.29. The minimum atomic E-state index is -0.195. The second-order valence-electron chi connectivity index (χ2n) is 6.22. The minimum absolute atomic E-state index is 0.0563. The Morgan fingerprint density at radius 3 is 2.76 bits per heavy atom. The molecule has 1 aliphatic rings. The first-order chi connectivity index (χ1) is 12.2. The summed E-state index contributed by atoms with van der Waals surface area (Å²) in [4.78, 5) is 26.3. The Labute approximate surface area is 147 Å². The van der Waals surface area contributed by atoms with E-state index in [-0.39, 0.29) is 17.8 Å². The van der Waals surface area contributed by atoms with E-state index in [1.54, 1.807) is 22.7 Å². The standard InChI is InChI=1S/C19H23N3O3/c1-2-25-19(24)16-5-3-11-21(14-16)18(23)13-15-6-8-17(9-7-15)22-12-4-10-20-22/h4,6-10,12,16H,2-3,5,11,13-14H2,1H3. The third kappa shape index (κ3) is 4.26. The number of hydrogen-bond acceptors (Lipinski definition) is 4. The molecule has 0 N–H and O–H groups in total. The van der Waals surface area contributed by atoms with E-state index < -0.39 is 0 Å². The van der Waals surface area contributed by atoms with Crippen molar-refractivity contribution in [2.24, 2.45) is 5.92 Å². The van der Waals surface area contributed by atoms with Gasteiger partial charge in [0.05, 0.1) is 24.6 Å². The molecule has 3 rings (SSSR count). The van der Waals surface area contributed by atoms with Crippen molar-refractivity contribution >= 4 is 11.9 Å². The summed E-state index contributed by atoms with van der Waals surface area (Å²) < 4.78 is 6.87. The van der Waals surface area contributed by atoms with Gasteiger partial charge in [0.15, 0.2) is 0 Å². The number of carbonyl (C=O) groups is 2. The summed E-state index contributed by atoms with van der Waals surface area (Å²) >= 11 is 0. The molecule has 25 heavy (non-hydrogen) atoms. The van der Waals surface area contributed by atoms with Gasteiger partial charge in [-0.2, -0.15) is 5.10 Å². The maximum atomic E-state index is 12.6. The van der Waals surface area contributed by atoms with E-state index in [9.17, 15) is 9.59 Å². The van der Waals surface area contributed by atoms with Crippen molar-refractivity contribution in [1.29, 1.82) is 0 Å². The van der Waals surface area contributed by atoms with Crippen molar-refractivity contribution in [3.8, 4) is 5.69 Å². The Balaban J connectivity index is 1.59. The van der Waals surface area contributed by atoms with E-state index in [1.807, 2.05) is 36.5 Å². The van der Waals surface area contributed by atoms with E-state index in [2.05, 4.69) is 5.10 Å². The van der Waals surface area contributed by atoms with Crippen molar-refractivity contribution in [3.63, 3.8) is 0 Å². The lowest BCUT2D eigenvalue weighted by molar-refractivity contribution is -0.151. The van der Waals surface area contributed by atoms with Crippen LogP contribution in [0.5, 0.6) is 0 Å². The van der Waals surface area contributed by atoms with Crippen LogP contribution in [0.4, 0.5) is 0 Å². The summed E-state index contributed by atoms with van der Waals surface area (Å²) in [7, 11) is 0. The third-order valence-electron chi connectivity index (χ3n) is 4.45. The van der Waals surface area contributed by atoms with Gasteiger partial charge in [0.25, 0.3) is 0 Å². The van der Waals surface area contributed by atoms with Crippen LogP contribution in [0.25, 0.3) is 5.69 Å². The molecule has 132 valence electrons.